The van der Waals surface area contributed by atoms with Gasteiger partial charge in [-0.25, -0.2) is 23.7 Å². The Bertz CT molecular complexity index is 1340. The lowest BCUT2D eigenvalue weighted by Crippen LogP contribution is -2.32. The molecule has 3 aromatic heterocycles. The number of nitrogens with zero attached hydrogens (tertiary/aromatic N) is 5. The highest BCUT2D eigenvalue weighted by Crippen LogP contribution is 2.62. The fraction of sp³-hybridized carbons (Fsp3) is 0.364. The number of oxazole rings is 1. The van der Waals surface area contributed by atoms with Crippen LogP contribution in [0.4, 0.5) is 14.6 Å². The predicted molar refractivity (Wildman–Crippen MR) is 113 cm³/mol. The van der Waals surface area contributed by atoms with Crippen LogP contribution in [0.3, 0.4) is 0 Å². The molecule has 0 amide bonds. The van der Waals surface area contributed by atoms with Crippen LogP contribution in [0, 0.1) is 30.4 Å². The van der Waals surface area contributed by atoms with Crippen molar-refractivity contribution in [2.24, 2.45) is 17.6 Å². The van der Waals surface area contributed by atoms with Crippen LogP contribution in [0.15, 0.2) is 35.1 Å². The Hall–Kier alpha value is -3.40. The lowest BCUT2D eigenvalue weighted by Gasteiger charge is -2.26. The van der Waals surface area contributed by atoms with Crippen LogP contribution in [-0.2, 0) is 5.41 Å². The van der Waals surface area contributed by atoms with E-state index in [1.807, 2.05) is 6.92 Å². The van der Waals surface area contributed by atoms with Gasteiger partial charge in [0.2, 0.25) is 11.5 Å². The fourth-order valence-corrected chi connectivity index (χ4v) is 5.28. The number of rotatable bonds is 4. The maximum absolute atomic E-state index is 14.3. The van der Waals surface area contributed by atoms with Crippen molar-refractivity contribution in [3.8, 4) is 11.3 Å². The Morgan fingerprint density at radius 1 is 1.28 bits per heavy atom. The number of fused-ring (bicyclic) bond motifs is 2. The molecule has 1 saturated heterocycles. The van der Waals surface area contributed by atoms with Gasteiger partial charge in [-0.1, -0.05) is 6.07 Å². The van der Waals surface area contributed by atoms with Crippen molar-refractivity contribution in [3.05, 3.63) is 53.9 Å². The van der Waals surface area contributed by atoms with Gasteiger partial charge in [-0.15, -0.1) is 0 Å². The minimum Gasteiger partial charge on any atom is -0.448 e. The molecule has 0 radical (unpaired) electrons. The molecule has 3 atom stereocenters. The normalized spacial score (nSPS) is 24.7. The van der Waals surface area contributed by atoms with E-state index < -0.39 is 11.6 Å². The first kappa shape index (κ1) is 19.3. The average molecular weight is 437 g/mol. The predicted octanol–water partition coefficient (Wildman–Crippen LogP) is 2.95. The average Bonchev–Trinajstić information content (AvgIpc) is 3.06. The molecule has 1 aliphatic carbocycles. The van der Waals surface area contributed by atoms with Crippen LogP contribution in [0.2, 0.25) is 0 Å². The molecule has 32 heavy (non-hydrogen) atoms. The van der Waals surface area contributed by atoms with E-state index in [9.17, 15) is 8.78 Å². The van der Waals surface area contributed by atoms with Gasteiger partial charge in [0.05, 0.1) is 23.0 Å². The summed E-state index contributed by atoms with van der Waals surface area (Å²) in [5.74, 6) is 0.311. The standard InChI is InChI=1S/C22H21F2N7O/c1-11-9-32-21(27-11)22(10-25)13-5-6-31(8-14(13)22)16-7-26-19-18(29-30-20(19)28-16)12-3-2-4-15(23)17(12)24/h2-4,7,9,13-14H,5-6,8,10,25H2,1H3,(H,28,29,30). The third kappa shape index (κ3) is 2.62. The lowest BCUT2D eigenvalue weighted by molar-refractivity contribution is 0.409. The first-order valence-corrected chi connectivity index (χ1v) is 10.6. The summed E-state index contributed by atoms with van der Waals surface area (Å²) in [5.41, 5.74) is 7.94. The quantitative estimate of drug-likeness (QED) is 0.505. The SMILES string of the molecule is Cc1coc(C2(CN)C3CCN(c4cnc5c(-c6cccc(F)c6F)[nH]nc5n4)CC32)n1. The molecular weight excluding hydrogens is 416 g/mol. The first-order chi connectivity index (χ1) is 15.5. The largest absolute Gasteiger partial charge is 0.448 e. The Kier molecular flexibility index (Phi) is 4.10. The van der Waals surface area contributed by atoms with Gasteiger partial charge in [0.15, 0.2) is 11.6 Å². The highest BCUT2D eigenvalue weighted by Gasteiger charge is 2.68. The van der Waals surface area contributed by atoms with Gasteiger partial charge in [0.1, 0.15) is 17.6 Å². The van der Waals surface area contributed by atoms with E-state index in [1.165, 1.54) is 12.1 Å². The Morgan fingerprint density at radius 2 is 2.16 bits per heavy atom. The maximum atomic E-state index is 14.3. The third-order valence-electron chi connectivity index (χ3n) is 6.98. The summed E-state index contributed by atoms with van der Waals surface area (Å²) in [7, 11) is 0. The van der Waals surface area contributed by atoms with E-state index >= 15 is 0 Å². The minimum absolute atomic E-state index is 0.0716. The Labute approximate surface area is 181 Å². The van der Waals surface area contributed by atoms with Crippen molar-refractivity contribution >= 4 is 17.0 Å². The number of aryl methyl sites for hydroxylation is 1. The number of anilines is 1. The van der Waals surface area contributed by atoms with E-state index in [4.69, 9.17) is 10.2 Å². The molecule has 0 bridgehead atoms. The fourth-order valence-electron chi connectivity index (χ4n) is 5.28. The van der Waals surface area contributed by atoms with E-state index in [-0.39, 0.29) is 11.0 Å². The first-order valence-electron chi connectivity index (χ1n) is 10.6. The molecule has 1 saturated carbocycles. The lowest BCUT2D eigenvalue weighted by atomic mass is 10.0. The number of piperidine rings is 1. The second-order valence-corrected chi connectivity index (χ2v) is 8.59. The number of nitrogens with one attached hydrogen (secondary N) is 1. The van der Waals surface area contributed by atoms with Gasteiger partial charge in [0.25, 0.3) is 0 Å². The molecule has 2 fully saturated rings. The summed E-state index contributed by atoms with van der Waals surface area (Å²) in [6.45, 7) is 3.97. The van der Waals surface area contributed by atoms with Crippen LogP contribution in [0.1, 0.15) is 18.0 Å². The molecule has 1 aromatic carbocycles. The number of H-pyrrole nitrogens is 1. The Balaban J connectivity index is 1.29. The Morgan fingerprint density at radius 3 is 2.94 bits per heavy atom. The van der Waals surface area contributed by atoms with Crippen LogP contribution < -0.4 is 10.6 Å². The molecule has 8 nitrogen and oxygen atoms in total. The number of aromatic amines is 1. The van der Waals surface area contributed by atoms with Crippen molar-refractivity contribution < 1.29 is 13.2 Å². The van der Waals surface area contributed by atoms with Gasteiger partial charge in [-0.3, -0.25) is 5.10 Å². The summed E-state index contributed by atoms with van der Waals surface area (Å²) in [4.78, 5) is 15.8. The van der Waals surface area contributed by atoms with Crippen LogP contribution in [-0.4, -0.2) is 44.8 Å². The molecule has 2 aliphatic rings. The van der Waals surface area contributed by atoms with Gasteiger partial charge < -0.3 is 15.1 Å². The maximum Gasteiger partial charge on any atom is 0.202 e. The van der Waals surface area contributed by atoms with E-state index in [1.54, 1.807) is 12.5 Å². The van der Waals surface area contributed by atoms with Gasteiger partial charge >= 0.3 is 0 Å². The van der Waals surface area contributed by atoms with Crippen molar-refractivity contribution in [1.82, 2.24) is 25.1 Å². The van der Waals surface area contributed by atoms with Crippen molar-refractivity contribution in [2.45, 2.75) is 18.8 Å². The van der Waals surface area contributed by atoms with E-state index in [0.29, 0.717) is 41.1 Å². The summed E-state index contributed by atoms with van der Waals surface area (Å²) in [5, 5.41) is 6.94. The molecule has 1 aliphatic heterocycles. The molecule has 6 rings (SSSR count). The molecule has 4 aromatic rings. The number of nitrogens with two attached hydrogens (primary N) is 1. The molecule has 10 heteroatoms. The van der Waals surface area contributed by atoms with Crippen molar-refractivity contribution in [3.63, 3.8) is 0 Å². The monoisotopic (exact) mass is 437 g/mol. The molecule has 4 heterocycles. The van der Waals surface area contributed by atoms with Crippen LogP contribution in [0.5, 0.6) is 0 Å². The van der Waals surface area contributed by atoms with Crippen molar-refractivity contribution in [1.29, 1.82) is 0 Å². The number of hydrogen-bond donors (Lipinski definition) is 2. The van der Waals surface area contributed by atoms with Gasteiger partial charge in [-0.2, -0.15) is 5.10 Å². The second kappa shape index (κ2) is 6.80. The topological polar surface area (TPSA) is 110 Å². The van der Waals surface area contributed by atoms with Crippen molar-refractivity contribution in [2.75, 3.05) is 24.5 Å². The summed E-state index contributed by atoms with van der Waals surface area (Å²) < 4.78 is 33.6. The zero-order valence-electron chi connectivity index (χ0n) is 17.3. The third-order valence-corrected chi connectivity index (χ3v) is 6.98. The number of halogens is 2. The van der Waals surface area contributed by atoms with E-state index in [0.717, 1.165) is 37.2 Å². The summed E-state index contributed by atoms with van der Waals surface area (Å²) in [6, 6.07) is 4.00. The number of benzene rings is 1. The number of aromatic nitrogens is 5. The summed E-state index contributed by atoms with van der Waals surface area (Å²) >= 11 is 0. The van der Waals surface area contributed by atoms with Gasteiger partial charge in [-0.05, 0) is 37.3 Å². The number of hydrogen-bond acceptors (Lipinski definition) is 7. The second-order valence-electron chi connectivity index (χ2n) is 8.59. The molecule has 0 spiro atoms. The molecule has 3 N–H and O–H groups in total. The zero-order valence-corrected chi connectivity index (χ0v) is 17.3. The highest BCUT2D eigenvalue weighted by molar-refractivity contribution is 5.88. The smallest absolute Gasteiger partial charge is 0.202 e. The van der Waals surface area contributed by atoms with Gasteiger partial charge in [0, 0.05) is 25.2 Å². The highest BCUT2D eigenvalue weighted by atomic mass is 19.2. The zero-order chi connectivity index (χ0) is 22.0. The molecular formula is C22H21F2N7O. The minimum atomic E-state index is -0.945. The molecule has 164 valence electrons. The van der Waals surface area contributed by atoms with Crippen LogP contribution in [0.25, 0.3) is 22.4 Å². The van der Waals surface area contributed by atoms with E-state index in [2.05, 4.69) is 30.0 Å². The van der Waals surface area contributed by atoms with Crippen LogP contribution >= 0.6 is 0 Å². The molecule has 3 unspecified atom stereocenters. The summed E-state index contributed by atoms with van der Waals surface area (Å²) in [6.07, 6.45) is 4.27.